The van der Waals surface area contributed by atoms with E-state index in [9.17, 15) is 4.80 Å². The third-order valence-corrected chi connectivity index (χ3v) is 2.76. The van der Waals surface area contributed by atoms with Crippen LogP contribution in [0.5, 0.6) is 0 Å². The second-order valence-electron chi connectivity index (χ2n) is 2.35. The van der Waals surface area contributed by atoms with E-state index < -0.39 is 7.59 Å². The Morgan fingerprint density at radius 1 is 1.29 bits per heavy atom. The molecule has 0 bridgehead atoms. The average molecular weight is 124 g/mol. The Kier molecular flexibility index (Phi) is 6.11. The zero-order valence-electron chi connectivity index (χ0n) is 5.41. The summed E-state index contributed by atoms with van der Waals surface area (Å²) in [6, 6.07) is 0. The smallest absolute Gasteiger partial charge is 0.865 e. The summed E-state index contributed by atoms with van der Waals surface area (Å²) in [5.74, 6) is 0. The summed E-state index contributed by atoms with van der Waals surface area (Å²) >= 11 is 0. The minimum atomic E-state index is -1.16. The predicted octanol–water partition coefficient (Wildman–Crippen LogP) is -3.20. The van der Waals surface area contributed by atoms with Gasteiger partial charge in [0.1, 0.15) is 0 Å². The summed E-state index contributed by atoms with van der Waals surface area (Å²) in [6.07, 6.45) is 0. The molecule has 0 saturated heterocycles. The Balaban J connectivity index is 0. The first-order valence-electron chi connectivity index (χ1n) is 1.95. The Morgan fingerprint density at radius 2 is 1.43 bits per heavy atom. The van der Waals surface area contributed by atoms with Gasteiger partial charge in [-0.3, -0.25) is 0 Å². The van der Waals surface area contributed by atoms with Gasteiger partial charge in [-0.05, 0) is 0 Å². The van der Waals surface area contributed by atoms with Crippen LogP contribution in [0.25, 0.3) is 0 Å². The van der Waals surface area contributed by atoms with Crippen molar-refractivity contribution in [1.82, 2.24) is 0 Å². The first-order valence-corrected chi connectivity index (χ1v) is 7.36. The molecule has 0 atom stereocenters. The zero-order chi connectivity index (χ0) is 5.21. The average Bonchev–Trinajstić information content (AvgIpc) is 1.35. The summed E-state index contributed by atoms with van der Waals surface area (Å²) < 4.78 is 0. The van der Waals surface area contributed by atoms with Gasteiger partial charge in [-0.25, -0.2) is 0 Å². The van der Waals surface area contributed by atoms with Crippen LogP contribution in [-0.2, 0) is 0 Å². The fraction of sp³-hybridized carbons (Fsp3) is 1.00. The molecule has 0 spiro atoms. The van der Waals surface area contributed by atoms with E-state index in [1.165, 1.54) is 0 Å². The fourth-order valence-electron chi connectivity index (χ4n) is 0. The van der Waals surface area contributed by atoms with Crippen LogP contribution in [0.2, 0.25) is 19.6 Å². The molecule has 0 amide bonds. The van der Waals surface area contributed by atoms with Crippen molar-refractivity contribution in [3.05, 3.63) is 0 Å². The summed E-state index contributed by atoms with van der Waals surface area (Å²) in [7, 11) is -1.20. The van der Waals surface area contributed by atoms with Crippen LogP contribution >= 0.6 is 0 Å². The van der Waals surface area contributed by atoms with Crippen LogP contribution in [0, 0.1) is 0 Å². The number of hydrogen-bond donors (Lipinski definition) is 0. The van der Waals surface area contributed by atoms with E-state index in [1.807, 2.05) is 0 Å². The first kappa shape index (κ1) is 10.9. The molecule has 1 nitrogen and oxygen atoms in total. The molecule has 0 aromatic carbocycles. The summed E-state index contributed by atoms with van der Waals surface area (Å²) in [6.45, 7) is 6.25. The van der Waals surface area contributed by atoms with E-state index in [0.717, 1.165) is 0 Å². The molecule has 0 heterocycles. The molecular formula is C3H9LiOSi2. The van der Waals surface area contributed by atoms with E-state index in [0.29, 0.717) is 0 Å². The normalized spacial score (nSPS) is 10.3. The molecule has 0 aromatic heterocycles. The van der Waals surface area contributed by atoms with Gasteiger partial charge in [0.25, 0.3) is 0 Å². The summed E-state index contributed by atoms with van der Waals surface area (Å²) in [5.41, 5.74) is 0. The maximum atomic E-state index is 10.0. The van der Waals surface area contributed by atoms with Crippen LogP contribution in [0.4, 0.5) is 0 Å². The molecule has 0 aliphatic carbocycles. The molecule has 0 fully saturated rings. The van der Waals surface area contributed by atoms with Crippen molar-refractivity contribution in [3.63, 3.8) is 0 Å². The molecule has 0 rings (SSSR count). The van der Waals surface area contributed by atoms with Gasteiger partial charge in [-0.2, -0.15) is 0 Å². The van der Waals surface area contributed by atoms with Gasteiger partial charge in [-0.1, -0.05) is 19.6 Å². The molecule has 0 aliphatic heterocycles. The van der Waals surface area contributed by atoms with Crippen molar-refractivity contribution in [2.75, 3.05) is 0 Å². The Labute approximate surface area is 60.4 Å². The topological polar surface area (TPSA) is 23.1 Å². The second kappa shape index (κ2) is 3.93. The van der Waals surface area contributed by atoms with Gasteiger partial charge < -0.3 is 4.80 Å². The Bertz CT molecular complexity index is 42.7. The minimum absolute atomic E-state index is 0. The molecule has 0 aromatic rings. The molecule has 0 aliphatic rings. The van der Waals surface area contributed by atoms with E-state index in [1.54, 1.807) is 0 Å². The summed E-state index contributed by atoms with van der Waals surface area (Å²) in [4.78, 5) is 10.0. The SMILES string of the molecule is C[Si](C)(C)[Si][O-].[Li+]. The standard InChI is InChI=1S/C3H9OSi2.Li/c1-6(2,3)5-4;/h1-3H3;/q-1;+1. The molecule has 0 unspecified atom stereocenters. The number of rotatable bonds is 1. The van der Waals surface area contributed by atoms with E-state index in [2.05, 4.69) is 19.6 Å². The molecule has 4 heteroatoms. The second-order valence-corrected chi connectivity index (χ2v) is 12.2. The predicted molar refractivity (Wildman–Crippen MR) is 29.1 cm³/mol. The maximum absolute atomic E-state index is 10.0. The largest absolute Gasteiger partial charge is 1.00 e. The van der Waals surface area contributed by atoms with Crippen LogP contribution in [0.3, 0.4) is 0 Å². The van der Waals surface area contributed by atoms with Crippen LogP contribution in [0.15, 0.2) is 0 Å². The van der Waals surface area contributed by atoms with Gasteiger partial charge >= 0.3 is 18.9 Å². The Hall–Kier alpha value is 0.991. The van der Waals surface area contributed by atoms with Gasteiger partial charge in [0, 0.05) is 7.59 Å². The molecule has 2 radical (unpaired) electrons. The maximum Gasteiger partial charge on any atom is 1.00 e. The zero-order valence-corrected chi connectivity index (χ0v) is 7.41. The molecule has 7 heavy (non-hydrogen) atoms. The van der Waals surface area contributed by atoms with E-state index in [-0.39, 0.29) is 28.1 Å². The van der Waals surface area contributed by atoms with Crippen molar-refractivity contribution in [1.29, 1.82) is 0 Å². The van der Waals surface area contributed by atoms with Crippen molar-refractivity contribution in [2.24, 2.45) is 0 Å². The molecule has 0 N–H and O–H groups in total. The van der Waals surface area contributed by atoms with Crippen LogP contribution < -0.4 is 23.7 Å². The third-order valence-electron chi connectivity index (χ3n) is 0.306. The van der Waals surface area contributed by atoms with Crippen molar-refractivity contribution >= 4 is 16.9 Å². The summed E-state index contributed by atoms with van der Waals surface area (Å²) in [5, 5.41) is 0. The molecule has 36 valence electrons. The molecule has 0 saturated carbocycles. The van der Waals surface area contributed by atoms with Gasteiger partial charge in [-0.15, -0.1) is 9.28 Å². The van der Waals surface area contributed by atoms with Gasteiger partial charge in [0.15, 0.2) is 0 Å². The Morgan fingerprint density at radius 3 is 1.43 bits per heavy atom. The van der Waals surface area contributed by atoms with Crippen LogP contribution in [-0.4, -0.2) is 16.9 Å². The van der Waals surface area contributed by atoms with Crippen molar-refractivity contribution < 1.29 is 23.7 Å². The third kappa shape index (κ3) is 10.9. The van der Waals surface area contributed by atoms with Crippen molar-refractivity contribution in [3.8, 4) is 0 Å². The fourth-order valence-corrected chi connectivity index (χ4v) is 0. The van der Waals surface area contributed by atoms with E-state index >= 15 is 0 Å². The van der Waals surface area contributed by atoms with Gasteiger partial charge in [0.05, 0.1) is 0 Å². The van der Waals surface area contributed by atoms with Crippen LogP contribution in [0.1, 0.15) is 0 Å². The van der Waals surface area contributed by atoms with E-state index in [4.69, 9.17) is 0 Å². The van der Waals surface area contributed by atoms with Gasteiger partial charge in [0.2, 0.25) is 0 Å². The minimum Gasteiger partial charge on any atom is -0.865 e. The quantitative estimate of drug-likeness (QED) is 0.338. The number of hydrogen-bond acceptors (Lipinski definition) is 1. The monoisotopic (exact) mass is 124 g/mol. The first-order chi connectivity index (χ1) is 2.56. The van der Waals surface area contributed by atoms with Crippen molar-refractivity contribution in [2.45, 2.75) is 19.6 Å². The molecular weight excluding hydrogens is 115 g/mol.